The molecule has 19 heavy (non-hydrogen) atoms. The molecule has 0 radical (unpaired) electrons. The summed E-state index contributed by atoms with van der Waals surface area (Å²) in [6.07, 6.45) is 2.06. The minimum absolute atomic E-state index is 0.0220. The zero-order valence-electron chi connectivity index (χ0n) is 10.5. The standard InChI is InChI=1S/C11H14ClNO5S/c1-11(10(15)16,19(2,17)18)4-6-13-5-3-8(12)7-9(13)14/h3,5,7H,4,6H2,1-2H3,(H,15,16)/t11-/m1/s1. The van der Waals surface area contributed by atoms with Crippen molar-refractivity contribution in [2.45, 2.75) is 24.6 Å². The summed E-state index contributed by atoms with van der Waals surface area (Å²) in [5.41, 5.74) is -0.409. The van der Waals surface area contributed by atoms with Gasteiger partial charge in [-0.05, 0) is 19.4 Å². The lowest BCUT2D eigenvalue weighted by atomic mass is 10.1. The van der Waals surface area contributed by atoms with Crippen LogP contribution in [0.1, 0.15) is 13.3 Å². The lowest BCUT2D eigenvalue weighted by molar-refractivity contribution is -0.139. The second-order valence-electron chi connectivity index (χ2n) is 4.43. The summed E-state index contributed by atoms with van der Waals surface area (Å²) in [5, 5.41) is 9.34. The minimum atomic E-state index is -3.80. The molecule has 1 aromatic heterocycles. The zero-order chi connectivity index (χ0) is 14.8. The summed E-state index contributed by atoms with van der Waals surface area (Å²) in [6, 6.07) is 2.65. The third-order valence-corrected chi connectivity index (χ3v) is 5.31. The van der Waals surface area contributed by atoms with Crippen molar-refractivity contribution in [2.75, 3.05) is 6.26 Å². The molecule has 106 valence electrons. The molecule has 1 aromatic rings. The van der Waals surface area contributed by atoms with Crippen molar-refractivity contribution in [3.05, 3.63) is 33.7 Å². The largest absolute Gasteiger partial charge is 0.480 e. The highest BCUT2D eigenvalue weighted by Gasteiger charge is 2.43. The summed E-state index contributed by atoms with van der Waals surface area (Å²) in [5.74, 6) is -1.43. The van der Waals surface area contributed by atoms with Gasteiger partial charge < -0.3 is 9.67 Å². The molecule has 1 atom stereocenters. The summed E-state index contributed by atoms with van der Waals surface area (Å²) in [4.78, 5) is 22.7. The number of carbonyl (C=O) groups is 1. The van der Waals surface area contributed by atoms with Gasteiger partial charge in [0.1, 0.15) is 0 Å². The number of hydrogen-bond donors (Lipinski definition) is 1. The van der Waals surface area contributed by atoms with Crippen LogP contribution in [0, 0.1) is 0 Å². The number of nitrogens with zero attached hydrogens (tertiary/aromatic N) is 1. The quantitative estimate of drug-likeness (QED) is 0.867. The van der Waals surface area contributed by atoms with E-state index in [2.05, 4.69) is 0 Å². The molecule has 0 aliphatic carbocycles. The molecule has 1 rings (SSSR count). The first-order chi connectivity index (χ1) is 8.58. The first kappa shape index (κ1) is 15.7. The maximum absolute atomic E-state index is 11.6. The number of pyridine rings is 1. The van der Waals surface area contributed by atoms with Crippen LogP contribution >= 0.6 is 11.6 Å². The van der Waals surface area contributed by atoms with Crippen LogP contribution in [0.5, 0.6) is 0 Å². The predicted octanol–water partition coefficient (Wildman–Crippen LogP) is 0.780. The van der Waals surface area contributed by atoms with Gasteiger partial charge >= 0.3 is 5.97 Å². The highest BCUT2D eigenvalue weighted by atomic mass is 35.5. The fourth-order valence-corrected chi connectivity index (χ4v) is 2.38. The predicted molar refractivity (Wildman–Crippen MR) is 71.2 cm³/mol. The molecule has 0 saturated carbocycles. The van der Waals surface area contributed by atoms with Crippen LogP contribution in [0.3, 0.4) is 0 Å². The Balaban J connectivity index is 3.02. The molecule has 0 aliphatic rings. The topological polar surface area (TPSA) is 93.4 Å². The summed E-state index contributed by atoms with van der Waals surface area (Å²) in [7, 11) is -3.80. The summed E-state index contributed by atoms with van der Waals surface area (Å²) >= 11 is 5.63. The molecule has 0 unspecified atom stereocenters. The number of hydrogen-bond acceptors (Lipinski definition) is 4. The number of aromatic nitrogens is 1. The Labute approximate surface area is 115 Å². The van der Waals surface area contributed by atoms with E-state index in [9.17, 15) is 18.0 Å². The lowest BCUT2D eigenvalue weighted by Crippen LogP contribution is -2.44. The van der Waals surface area contributed by atoms with Crippen molar-refractivity contribution >= 4 is 27.4 Å². The van der Waals surface area contributed by atoms with Crippen molar-refractivity contribution in [3.8, 4) is 0 Å². The van der Waals surface area contributed by atoms with Gasteiger partial charge in [-0.3, -0.25) is 9.59 Å². The Morgan fingerprint density at radius 3 is 2.53 bits per heavy atom. The van der Waals surface area contributed by atoms with Crippen LogP contribution in [0.4, 0.5) is 0 Å². The van der Waals surface area contributed by atoms with E-state index in [1.165, 1.54) is 22.9 Å². The van der Waals surface area contributed by atoms with E-state index in [0.717, 1.165) is 13.2 Å². The highest BCUT2D eigenvalue weighted by Crippen LogP contribution is 2.22. The van der Waals surface area contributed by atoms with Crippen LogP contribution in [0.2, 0.25) is 5.02 Å². The van der Waals surface area contributed by atoms with Gasteiger partial charge in [0.25, 0.3) is 5.56 Å². The van der Waals surface area contributed by atoms with Gasteiger partial charge in [-0.25, -0.2) is 8.42 Å². The Bertz CT molecular complexity index is 651. The Kier molecular flexibility index (Phi) is 4.42. The van der Waals surface area contributed by atoms with Crippen LogP contribution < -0.4 is 5.56 Å². The van der Waals surface area contributed by atoms with Crippen LogP contribution in [-0.4, -0.2) is 35.1 Å². The first-order valence-electron chi connectivity index (χ1n) is 5.37. The molecule has 0 fully saturated rings. The fourth-order valence-electron chi connectivity index (χ4n) is 1.45. The molecule has 1 N–H and O–H groups in total. The molecular weight excluding hydrogens is 294 g/mol. The SMILES string of the molecule is C[C@@](CCn1ccc(Cl)cc1=O)(C(=O)O)S(C)(=O)=O. The number of aliphatic carboxylic acids is 1. The van der Waals surface area contributed by atoms with Gasteiger partial charge in [0, 0.05) is 30.1 Å². The first-order valence-corrected chi connectivity index (χ1v) is 7.64. The second kappa shape index (κ2) is 5.34. The van der Waals surface area contributed by atoms with E-state index in [4.69, 9.17) is 16.7 Å². The van der Waals surface area contributed by atoms with Gasteiger partial charge in [-0.2, -0.15) is 0 Å². The maximum Gasteiger partial charge on any atom is 0.324 e. The van der Waals surface area contributed by atoms with Gasteiger partial charge in [0.05, 0.1) is 0 Å². The van der Waals surface area contributed by atoms with Crippen LogP contribution in [-0.2, 0) is 21.2 Å². The summed E-state index contributed by atoms with van der Waals surface area (Å²) in [6.45, 7) is 1.11. The molecule has 1 heterocycles. The highest BCUT2D eigenvalue weighted by molar-refractivity contribution is 7.92. The number of carboxylic acids is 1. The van der Waals surface area contributed by atoms with Crippen LogP contribution in [0.25, 0.3) is 0 Å². The molecule has 0 spiro atoms. The number of rotatable bonds is 5. The van der Waals surface area contributed by atoms with E-state index in [0.29, 0.717) is 0 Å². The zero-order valence-corrected chi connectivity index (χ0v) is 12.0. The van der Waals surface area contributed by atoms with Crippen molar-refractivity contribution < 1.29 is 18.3 Å². The Hall–Kier alpha value is -1.34. The second-order valence-corrected chi connectivity index (χ2v) is 7.32. The van der Waals surface area contributed by atoms with Crippen molar-refractivity contribution in [1.29, 1.82) is 0 Å². The van der Waals surface area contributed by atoms with Crippen molar-refractivity contribution in [3.63, 3.8) is 0 Å². The Morgan fingerprint density at radius 1 is 1.53 bits per heavy atom. The van der Waals surface area contributed by atoms with Gasteiger partial charge in [-0.1, -0.05) is 11.6 Å². The normalized spacial score (nSPS) is 14.9. The van der Waals surface area contributed by atoms with E-state index >= 15 is 0 Å². The number of carboxylic acid groups (broad SMARTS) is 1. The Morgan fingerprint density at radius 2 is 2.11 bits per heavy atom. The van der Waals surface area contributed by atoms with Crippen molar-refractivity contribution in [1.82, 2.24) is 4.57 Å². The van der Waals surface area contributed by atoms with Gasteiger partial charge in [0.2, 0.25) is 0 Å². The number of sulfone groups is 1. The molecule has 0 aliphatic heterocycles. The lowest BCUT2D eigenvalue weighted by Gasteiger charge is -2.22. The van der Waals surface area contributed by atoms with Crippen molar-refractivity contribution in [2.24, 2.45) is 0 Å². The monoisotopic (exact) mass is 307 g/mol. The van der Waals surface area contributed by atoms with E-state index < -0.39 is 26.1 Å². The molecule has 8 heteroatoms. The molecule has 0 bridgehead atoms. The molecular formula is C11H14ClNO5S. The fraction of sp³-hybridized carbons (Fsp3) is 0.455. The maximum atomic E-state index is 11.6. The van der Waals surface area contributed by atoms with Gasteiger partial charge in [0.15, 0.2) is 14.6 Å². The van der Waals surface area contributed by atoms with E-state index in [1.807, 2.05) is 0 Å². The molecule has 0 aromatic carbocycles. The van der Waals surface area contributed by atoms with Gasteiger partial charge in [-0.15, -0.1) is 0 Å². The third-order valence-electron chi connectivity index (χ3n) is 3.06. The van der Waals surface area contributed by atoms with E-state index in [-0.39, 0.29) is 18.0 Å². The number of aryl methyl sites for hydroxylation is 1. The molecule has 6 nitrogen and oxygen atoms in total. The smallest absolute Gasteiger partial charge is 0.324 e. The average molecular weight is 308 g/mol. The number of halogens is 1. The minimum Gasteiger partial charge on any atom is -0.480 e. The average Bonchev–Trinajstić information content (AvgIpc) is 2.25. The summed E-state index contributed by atoms with van der Waals surface area (Å²) < 4.78 is 22.4. The third kappa shape index (κ3) is 3.36. The van der Waals surface area contributed by atoms with Crippen LogP contribution in [0.15, 0.2) is 23.1 Å². The van der Waals surface area contributed by atoms with E-state index in [1.54, 1.807) is 0 Å². The molecule has 0 amide bonds. The molecule has 0 saturated heterocycles.